The first kappa shape index (κ1) is 17.5. The molecule has 2 amide bonds. The van der Waals surface area contributed by atoms with E-state index in [0.717, 1.165) is 9.77 Å². The molecule has 1 aromatic heterocycles. The maximum absolute atomic E-state index is 11.7. The van der Waals surface area contributed by atoms with Crippen LogP contribution in [-0.4, -0.2) is 29.7 Å². The normalized spacial score (nSPS) is 11.7. The molecule has 5 nitrogen and oxygen atoms in total. The maximum atomic E-state index is 11.7. The number of carbonyl (C=O) groups is 2. The van der Waals surface area contributed by atoms with Crippen molar-refractivity contribution >= 4 is 34.9 Å². The van der Waals surface area contributed by atoms with Crippen molar-refractivity contribution in [2.45, 2.75) is 17.5 Å². The van der Waals surface area contributed by atoms with Crippen LogP contribution in [0.25, 0.3) is 0 Å². The number of amides is 2. The number of aliphatic hydroxyl groups is 1. The third kappa shape index (κ3) is 5.38. The summed E-state index contributed by atoms with van der Waals surface area (Å²) in [4.78, 5) is 25.4. The minimum absolute atomic E-state index is 0.0100. The lowest BCUT2D eigenvalue weighted by Crippen LogP contribution is -2.41. The fourth-order valence-corrected chi connectivity index (χ4v) is 2.93. The van der Waals surface area contributed by atoms with Crippen LogP contribution in [0.2, 0.25) is 0 Å². The number of carbonyl (C=O) groups excluding carboxylic acids is 2. The largest absolute Gasteiger partial charge is 0.387 e. The SMILES string of the molecule is CSc1ccc(C(O)CNC(=O)C(=O)NCc2cccs2)cc1. The second-order valence-corrected chi connectivity index (χ2v) is 6.67. The van der Waals surface area contributed by atoms with Gasteiger partial charge in [0.05, 0.1) is 12.6 Å². The van der Waals surface area contributed by atoms with Crippen molar-refractivity contribution in [1.29, 1.82) is 0 Å². The summed E-state index contributed by atoms with van der Waals surface area (Å²) in [6, 6.07) is 11.2. The maximum Gasteiger partial charge on any atom is 0.309 e. The number of nitrogens with one attached hydrogen (secondary N) is 2. The van der Waals surface area contributed by atoms with E-state index in [-0.39, 0.29) is 6.54 Å². The van der Waals surface area contributed by atoms with Crippen LogP contribution in [0.5, 0.6) is 0 Å². The Morgan fingerprint density at radius 3 is 2.48 bits per heavy atom. The van der Waals surface area contributed by atoms with Gasteiger partial charge in [-0.3, -0.25) is 9.59 Å². The highest BCUT2D eigenvalue weighted by atomic mass is 32.2. The van der Waals surface area contributed by atoms with Gasteiger partial charge in [-0.2, -0.15) is 0 Å². The zero-order valence-corrected chi connectivity index (χ0v) is 14.2. The van der Waals surface area contributed by atoms with Gasteiger partial charge in [0.2, 0.25) is 0 Å². The van der Waals surface area contributed by atoms with Gasteiger partial charge in [0, 0.05) is 16.3 Å². The number of thioether (sulfide) groups is 1. The number of hydrogen-bond donors (Lipinski definition) is 3. The molecule has 0 aliphatic heterocycles. The topological polar surface area (TPSA) is 78.4 Å². The molecule has 0 saturated carbocycles. The molecule has 0 bridgehead atoms. The second kappa shape index (κ2) is 8.71. The highest BCUT2D eigenvalue weighted by molar-refractivity contribution is 7.98. The zero-order valence-electron chi connectivity index (χ0n) is 12.6. The van der Waals surface area contributed by atoms with Gasteiger partial charge >= 0.3 is 11.8 Å². The quantitative estimate of drug-likeness (QED) is 0.549. The smallest absolute Gasteiger partial charge is 0.309 e. The summed E-state index contributed by atoms with van der Waals surface area (Å²) < 4.78 is 0. The Morgan fingerprint density at radius 2 is 1.87 bits per heavy atom. The Morgan fingerprint density at radius 1 is 1.17 bits per heavy atom. The van der Waals surface area contributed by atoms with Crippen LogP contribution >= 0.6 is 23.1 Å². The van der Waals surface area contributed by atoms with E-state index in [9.17, 15) is 14.7 Å². The number of thiophene rings is 1. The number of benzene rings is 1. The van der Waals surface area contributed by atoms with E-state index in [4.69, 9.17) is 0 Å². The molecule has 0 aliphatic rings. The lowest BCUT2D eigenvalue weighted by molar-refractivity contribution is -0.139. The van der Waals surface area contributed by atoms with Crippen LogP contribution < -0.4 is 10.6 Å². The average molecular weight is 350 g/mol. The summed E-state index contributed by atoms with van der Waals surface area (Å²) in [6.07, 6.45) is 1.13. The number of aliphatic hydroxyl groups excluding tert-OH is 1. The Hall–Kier alpha value is -1.83. The summed E-state index contributed by atoms with van der Waals surface area (Å²) in [7, 11) is 0. The van der Waals surface area contributed by atoms with Gasteiger partial charge in [-0.05, 0) is 35.4 Å². The Bertz CT molecular complexity index is 642. The summed E-state index contributed by atoms with van der Waals surface area (Å²) in [5, 5.41) is 16.9. The van der Waals surface area contributed by atoms with E-state index >= 15 is 0 Å². The van der Waals surface area contributed by atoms with Crippen molar-refractivity contribution in [3.63, 3.8) is 0 Å². The summed E-state index contributed by atoms with van der Waals surface area (Å²) in [6.45, 7) is 0.312. The van der Waals surface area contributed by atoms with Gasteiger partial charge in [-0.1, -0.05) is 18.2 Å². The van der Waals surface area contributed by atoms with E-state index in [1.165, 1.54) is 11.3 Å². The van der Waals surface area contributed by atoms with E-state index in [1.54, 1.807) is 23.9 Å². The molecule has 1 aromatic carbocycles. The van der Waals surface area contributed by atoms with E-state index in [2.05, 4.69) is 10.6 Å². The first-order valence-corrected chi connectivity index (χ1v) is 9.11. The molecule has 1 atom stereocenters. The molecule has 1 heterocycles. The van der Waals surface area contributed by atoms with Gasteiger partial charge in [0.25, 0.3) is 0 Å². The van der Waals surface area contributed by atoms with Crippen molar-refractivity contribution in [2.24, 2.45) is 0 Å². The van der Waals surface area contributed by atoms with Crippen LogP contribution in [0.1, 0.15) is 16.5 Å². The Balaban J connectivity index is 1.77. The molecule has 0 spiro atoms. The third-order valence-corrected chi connectivity index (χ3v) is 4.79. The fraction of sp³-hybridized carbons (Fsp3) is 0.250. The minimum atomic E-state index is -0.847. The lowest BCUT2D eigenvalue weighted by Gasteiger charge is -2.12. The van der Waals surface area contributed by atoms with Crippen molar-refractivity contribution < 1.29 is 14.7 Å². The Kier molecular flexibility index (Phi) is 6.64. The number of hydrogen-bond acceptors (Lipinski definition) is 5. The highest BCUT2D eigenvalue weighted by Gasteiger charge is 2.15. The minimum Gasteiger partial charge on any atom is -0.387 e. The number of rotatable bonds is 6. The van der Waals surface area contributed by atoms with Gasteiger partial charge < -0.3 is 15.7 Å². The van der Waals surface area contributed by atoms with Gasteiger partial charge in [-0.25, -0.2) is 0 Å². The van der Waals surface area contributed by atoms with Crippen LogP contribution in [0.3, 0.4) is 0 Å². The molecular formula is C16H18N2O3S2. The summed E-state index contributed by atoms with van der Waals surface area (Å²) in [5.74, 6) is -1.45. The average Bonchev–Trinajstić information content (AvgIpc) is 3.10. The standard InChI is InChI=1S/C16H18N2O3S2/c1-22-12-6-4-11(5-7-12)14(19)10-18-16(21)15(20)17-9-13-3-2-8-23-13/h2-8,14,19H,9-10H2,1H3,(H,17,20)(H,18,21). The van der Waals surface area contributed by atoms with Crippen molar-refractivity contribution in [3.05, 3.63) is 52.2 Å². The van der Waals surface area contributed by atoms with Crippen LogP contribution in [0.4, 0.5) is 0 Å². The van der Waals surface area contributed by atoms with Gasteiger partial charge in [-0.15, -0.1) is 23.1 Å². The predicted octanol–water partition coefficient (Wildman–Crippen LogP) is 1.94. The predicted molar refractivity (Wildman–Crippen MR) is 92.4 cm³/mol. The molecule has 122 valence electrons. The molecule has 0 saturated heterocycles. The molecule has 2 rings (SSSR count). The van der Waals surface area contributed by atoms with Crippen LogP contribution in [-0.2, 0) is 16.1 Å². The second-order valence-electron chi connectivity index (χ2n) is 4.76. The molecular weight excluding hydrogens is 332 g/mol. The summed E-state index contributed by atoms with van der Waals surface area (Å²) >= 11 is 3.12. The molecule has 0 aliphatic carbocycles. The van der Waals surface area contributed by atoms with Gasteiger partial charge in [0.1, 0.15) is 0 Å². The first-order valence-electron chi connectivity index (χ1n) is 7.00. The molecule has 23 heavy (non-hydrogen) atoms. The first-order chi connectivity index (χ1) is 11.1. The van der Waals surface area contributed by atoms with E-state index in [0.29, 0.717) is 12.1 Å². The van der Waals surface area contributed by atoms with Crippen molar-refractivity contribution in [1.82, 2.24) is 10.6 Å². The zero-order chi connectivity index (χ0) is 16.7. The monoisotopic (exact) mass is 350 g/mol. The fourth-order valence-electron chi connectivity index (χ4n) is 1.87. The molecule has 1 unspecified atom stereocenters. The third-order valence-electron chi connectivity index (χ3n) is 3.17. The highest BCUT2D eigenvalue weighted by Crippen LogP contribution is 2.18. The van der Waals surface area contributed by atoms with Crippen LogP contribution in [0.15, 0.2) is 46.7 Å². The molecule has 0 radical (unpaired) electrons. The van der Waals surface area contributed by atoms with Crippen molar-refractivity contribution in [2.75, 3.05) is 12.8 Å². The van der Waals surface area contributed by atoms with E-state index in [1.807, 2.05) is 35.9 Å². The summed E-state index contributed by atoms with van der Waals surface area (Å²) in [5.41, 5.74) is 0.696. The molecule has 7 heteroatoms. The molecule has 2 aromatic rings. The molecule has 3 N–H and O–H groups in total. The van der Waals surface area contributed by atoms with E-state index < -0.39 is 17.9 Å². The lowest BCUT2D eigenvalue weighted by atomic mass is 10.1. The molecule has 0 fully saturated rings. The van der Waals surface area contributed by atoms with Crippen LogP contribution in [0, 0.1) is 0 Å². The van der Waals surface area contributed by atoms with Crippen molar-refractivity contribution in [3.8, 4) is 0 Å². The Labute approximate surface area is 143 Å². The van der Waals surface area contributed by atoms with Gasteiger partial charge in [0.15, 0.2) is 0 Å².